The summed E-state index contributed by atoms with van der Waals surface area (Å²) in [6.07, 6.45) is 0. The van der Waals surface area contributed by atoms with E-state index in [1.54, 1.807) is 23.9 Å². The molecule has 1 N–H and O–H groups in total. The molecule has 0 bridgehead atoms. The lowest BCUT2D eigenvalue weighted by atomic mass is 10.1. The van der Waals surface area contributed by atoms with Crippen molar-refractivity contribution in [1.29, 1.82) is 0 Å². The van der Waals surface area contributed by atoms with Gasteiger partial charge in [-0.2, -0.15) is 0 Å². The first-order valence-electron chi connectivity index (χ1n) is 11.1. The van der Waals surface area contributed by atoms with Gasteiger partial charge in [-0.1, -0.05) is 48.0 Å². The fraction of sp³-hybridized carbons (Fsp3) is 0.259. The smallest absolute Gasteiger partial charge is 0.251 e. The molecule has 0 spiro atoms. The molecule has 2 amide bonds. The topological polar surface area (TPSA) is 58.6 Å². The number of rotatable bonds is 8. The van der Waals surface area contributed by atoms with Crippen LogP contribution in [0.15, 0.2) is 66.7 Å². The van der Waals surface area contributed by atoms with Crippen LogP contribution in [-0.2, 0) is 11.3 Å². The molecule has 3 aromatic rings. The molecule has 1 aliphatic heterocycles. The highest BCUT2D eigenvalue weighted by Crippen LogP contribution is 2.39. The summed E-state index contributed by atoms with van der Waals surface area (Å²) in [6, 6.07) is 21.1. The van der Waals surface area contributed by atoms with E-state index >= 15 is 0 Å². The summed E-state index contributed by atoms with van der Waals surface area (Å²) in [5.74, 6) is 1.24. The van der Waals surface area contributed by atoms with E-state index < -0.39 is 0 Å². The van der Waals surface area contributed by atoms with Gasteiger partial charge in [-0.15, -0.1) is 11.8 Å². The molecule has 1 atom stereocenters. The maximum Gasteiger partial charge on any atom is 0.251 e. The van der Waals surface area contributed by atoms with Crippen molar-refractivity contribution in [2.45, 2.75) is 25.8 Å². The van der Waals surface area contributed by atoms with Crippen LogP contribution in [0.5, 0.6) is 5.75 Å². The van der Waals surface area contributed by atoms with Crippen molar-refractivity contribution in [2.75, 3.05) is 18.9 Å². The Morgan fingerprint density at radius 1 is 1.09 bits per heavy atom. The van der Waals surface area contributed by atoms with Crippen LogP contribution in [0, 0.1) is 13.8 Å². The van der Waals surface area contributed by atoms with Gasteiger partial charge in [0, 0.05) is 17.1 Å². The molecule has 1 heterocycles. The van der Waals surface area contributed by atoms with Gasteiger partial charge in [-0.05, 0) is 66.4 Å². The second-order valence-corrected chi connectivity index (χ2v) is 9.81. The van der Waals surface area contributed by atoms with Crippen molar-refractivity contribution in [3.63, 3.8) is 0 Å². The van der Waals surface area contributed by atoms with E-state index in [0.717, 1.165) is 28.0 Å². The first kappa shape index (κ1) is 24.2. The molecule has 1 fully saturated rings. The molecule has 1 saturated heterocycles. The number of nitrogens with zero attached hydrogens (tertiary/aromatic N) is 1. The normalized spacial score (nSPS) is 15.4. The van der Waals surface area contributed by atoms with Gasteiger partial charge in [0.2, 0.25) is 5.91 Å². The van der Waals surface area contributed by atoms with Crippen LogP contribution in [0.2, 0.25) is 5.02 Å². The zero-order valence-corrected chi connectivity index (χ0v) is 20.8. The molecular formula is C27H27ClN2O3S. The third kappa shape index (κ3) is 5.93. The van der Waals surface area contributed by atoms with Gasteiger partial charge < -0.3 is 15.0 Å². The summed E-state index contributed by atoms with van der Waals surface area (Å²) >= 11 is 7.58. The minimum atomic E-state index is -0.149. The summed E-state index contributed by atoms with van der Waals surface area (Å²) < 4.78 is 5.81. The van der Waals surface area contributed by atoms with Gasteiger partial charge in [0.15, 0.2) is 0 Å². The number of carbonyl (C=O) groups is 2. The fourth-order valence-corrected chi connectivity index (χ4v) is 5.09. The van der Waals surface area contributed by atoms with Crippen molar-refractivity contribution >= 4 is 35.2 Å². The van der Waals surface area contributed by atoms with Crippen molar-refractivity contribution in [1.82, 2.24) is 10.2 Å². The maximum atomic E-state index is 12.5. The predicted molar refractivity (Wildman–Crippen MR) is 137 cm³/mol. The lowest BCUT2D eigenvalue weighted by Gasteiger charge is -2.24. The van der Waals surface area contributed by atoms with Gasteiger partial charge in [0.25, 0.3) is 5.91 Å². The number of hydrogen-bond acceptors (Lipinski definition) is 4. The Balaban J connectivity index is 1.32. The van der Waals surface area contributed by atoms with Crippen LogP contribution >= 0.6 is 23.4 Å². The minimum absolute atomic E-state index is 0.0775. The van der Waals surface area contributed by atoms with E-state index in [4.69, 9.17) is 16.3 Å². The van der Waals surface area contributed by atoms with E-state index in [9.17, 15) is 9.59 Å². The van der Waals surface area contributed by atoms with Crippen LogP contribution in [0.1, 0.15) is 38.0 Å². The van der Waals surface area contributed by atoms with E-state index in [0.29, 0.717) is 36.0 Å². The van der Waals surface area contributed by atoms with Crippen LogP contribution in [0.25, 0.3) is 0 Å². The Kier molecular flexibility index (Phi) is 7.80. The van der Waals surface area contributed by atoms with Gasteiger partial charge in [-0.3, -0.25) is 9.59 Å². The number of benzene rings is 3. The highest BCUT2D eigenvalue weighted by molar-refractivity contribution is 8.00. The minimum Gasteiger partial charge on any atom is -0.491 e. The van der Waals surface area contributed by atoms with E-state index in [-0.39, 0.29) is 17.2 Å². The largest absolute Gasteiger partial charge is 0.491 e. The maximum absolute atomic E-state index is 12.5. The molecule has 0 aromatic heterocycles. The van der Waals surface area contributed by atoms with E-state index in [1.807, 2.05) is 73.3 Å². The molecule has 34 heavy (non-hydrogen) atoms. The van der Waals surface area contributed by atoms with E-state index in [1.165, 1.54) is 0 Å². The van der Waals surface area contributed by atoms with Crippen LogP contribution in [-0.4, -0.2) is 35.6 Å². The molecule has 1 aliphatic rings. The molecule has 7 heteroatoms. The Labute approximate surface area is 209 Å². The van der Waals surface area contributed by atoms with Crippen molar-refractivity contribution in [2.24, 2.45) is 0 Å². The molecule has 5 nitrogen and oxygen atoms in total. The SMILES string of the molecule is Cc1ccc(C)c(OCCNC(=O)c2ccc([C@H]3SCC(=O)N3Cc3ccc(Cl)cc3)cc2)c1. The number of thioether (sulfide) groups is 1. The fourth-order valence-electron chi connectivity index (χ4n) is 3.78. The molecule has 4 rings (SSSR count). The number of carbonyl (C=O) groups excluding carboxylic acids is 2. The average Bonchev–Trinajstić information content (AvgIpc) is 3.20. The first-order valence-corrected chi connectivity index (χ1v) is 12.6. The number of halogens is 1. The number of ether oxygens (including phenoxy) is 1. The summed E-state index contributed by atoms with van der Waals surface area (Å²) in [7, 11) is 0. The summed E-state index contributed by atoms with van der Waals surface area (Å²) in [6.45, 7) is 5.36. The number of aryl methyl sites for hydroxylation is 2. The highest BCUT2D eigenvalue weighted by Gasteiger charge is 2.32. The van der Waals surface area contributed by atoms with Gasteiger partial charge in [0.1, 0.15) is 17.7 Å². The molecule has 0 aliphatic carbocycles. The monoisotopic (exact) mass is 494 g/mol. The Bertz CT molecular complexity index is 1170. The lowest BCUT2D eigenvalue weighted by Crippen LogP contribution is -2.28. The van der Waals surface area contributed by atoms with Crippen molar-refractivity contribution in [3.05, 3.63) is 99.6 Å². The molecule has 176 valence electrons. The second-order valence-electron chi connectivity index (χ2n) is 8.31. The Morgan fingerprint density at radius 2 is 1.82 bits per heavy atom. The first-order chi connectivity index (χ1) is 16.4. The summed E-state index contributed by atoms with van der Waals surface area (Å²) in [4.78, 5) is 26.9. The summed E-state index contributed by atoms with van der Waals surface area (Å²) in [5.41, 5.74) is 4.82. The Hall–Kier alpha value is -2.96. The third-order valence-electron chi connectivity index (χ3n) is 5.68. The van der Waals surface area contributed by atoms with Gasteiger partial charge >= 0.3 is 0 Å². The Morgan fingerprint density at radius 3 is 2.56 bits per heavy atom. The highest BCUT2D eigenvalue weighted by atomic mass is 35.5. The molecule has 0 saturated carbocycles. The number of amides is 2. The lowest BCUT2D eigenvalue weighted by molar-refractivity contribution is -0.128. The average molecular weight is 495 g/mol. The van der Waals surface area contributed by atoms with Gasteiger partial charge in [0.05, 0.1) is 12.3 Å². The summed E-state index contributed by atoms with van der Waals surface area (Å²) in [5, 5.41) is 3.50. The van der Waals surface area contributed by atoms with Gasteiger partial charge in [-0.25, -0.2) is 0 Å². The predicted octanol–water partition coefficient (Wildman–Crippen LogP) is 5.54. The molecular weight excluding hydrogens is 468 g/mol. The van der Waals surface area contributed by atoms with Crippen molar-refractivity contribution in [3.8, 4) is 5.75 Å². The quantitative estimate of drug-likeness (QED) is 0.418. The van der Waals surface area contributed by atoms with E-state index in [2.05, 4.69) is 5.32 Å². The molecule has 0 radical (unpaired) electrons. The second kappa shape index (κ2) is 11.0. The van der Waals surface area contributed by atoms with Crippen LogP contribution in [0.4, 0.5) is 0 Å². The van der Waals surface area contributed by atoms with Crippen LogP contribution < -0.4 is 10.1 Å². The molecule has 3 aromatic carbocycles. The standard InChI is InChI=1S/C27H27ClN2O3S/c1-18-3-4-19(2)24(15-18)33-14-13-29-26(32)21-7-9-22(10-8-21)27-30(25(31)17-34-27)16-20-5-11-23(28)12-6-20/h3-12,15,27H,13-14,16-17H2,1-2H3,(H,29,32)/t27-/m1/s1. The third-order valence-corrected chi connectivity index (χ3v) is 7.19. The zero-order valence-electron chi connectivity index (χ0n) is 19.2. The molecule has 0 unspecified atom stereocenters. The number of hydrogen-bond donors (Lipinski definition) is 1. The number of nitrogens with one attached hydrogen (secondary N) is 1. The van der Waals surface area contributed by atoms with Crippen molar-refractivity contribution < 1.29 is 14.3 Å². The zero-order chi connectivity index (χ0) is 24.1. The van der Waals surface area contributed by atoms with Crippen LogP contribution in [0.3, 0.4) is 0 Å².